The quantitative estimate of drug-likeness (QED) is 0.439. The molecule has 4 nitrogen and oxygen atoms in total. The number of anilines is 1. The van der Waals surface area contributed by atoms with Gasteiger partial charge in [-0.2, -0.15) is 0 Å². The number of rotatable bonds is 8. The van der Waals surface area contributed by atoms with E-state index in [0.717, 1.165) is 61.6 Å². The van der Waals surface area contributed by atoms with Crippen LogP contribution in [0.5, 0.6) is 5.75 Å². The van der Waals surface area contributed by atoms with Crippen molar-refractivity contribution in [3.8, 4) is 5.75 Å². The maximum Gasteiger partial charge on any atom is 0.235 e. The summed E-state index contributed by atoms with van der Waals surface area (Å²) >= 11 is 6.53. The third-order valence-electron chi connectivity index (χ3n) is 7.27. The molecule has 2 aromatic carbocycles. The molecule has 1 amide bonds. The number of likely N-dealkylation sites (tertiary alicyclic amines) is 1. The number of ether oxygens (including phenoxy) is 1. The summed E-state index contributed by atoms with van der Waals surface area (Å²) in [7, 11) is 0. The van der Waals surface area contributed by atoms with E-state index in [1.165, 1.54) is 32.4 Å². The van der Waals surface area contributed by atoms with Crippen molar-refractivity contribution in [1.29, 1.82) is 0 Å². The zero-order valence-electron chi connectivity index (χ0n) is 19.8. The molecule has 2 aliphatic rings. The predicted octanol–water partition coefficient (Wildman–Crippen LogP) is 6.68. The number of nitrogens with zero attached hydrogens (tertiary/aromatic N) is 1. The lowest BCUT2D eigenvalue weighted by molar-refractivity contribution is -0.122. The summed E-state index contributed by atoms with van der Waals surface area (Å²) in [5.41, 5.74) is 1.19. The number of hydrogen-bond acceptors (Lipinski definition) is 3. The molecule has 0 unspecified atom stereocenters. The van der Waals surface area contributed by atoms with Crippen LogP contribution in [0.25, 0.3) is 0 Å². The zero-order valence-corrected chi connectivity index (χ0v) is 20.6. The highest BCUT2D eigenvalue weighted by Crippen LogP contribution is 2.43. The van der Waals surface area contributed by atoms with Gasteiger partial charge in [-0.05, 0) is 80.5 Å². The molecule has 178 valence electrons. The van der Waals surface area contributed by atoms with E-state index < -0.39 is 5.41 Å². The Kier molecular flexibility index (Phi) is 8.32. The smallest absolute Gasteiger partial charge is 0.235 e. The third kappa shape index (κ3) is 6.10. The fourth-order valence-corrected chi connectivity index (χ4v) is 5.79. The van der Waals surface area contributed by atoms with Gasteiger partial charge in [-0.25, -0.2) is 0 Å². The fourth-order valence-electron chi connectivity index (χ4n) is 5.48. The summed E-state index contributed by atoms with van der Waals surface area (Å²) in [5, 5.41) is 3.84. The van der Waals surface area contributed by atoms with Gasteiger partial charge in [-0.3, -0.25) is 4.79 Å². The normalized spacial score (nSPS) is 20.8. The van der Waals surface area contributed by atoms with Crippen molar-refractivity contribution in [3.63, 3.8) is 0 Å². The summed E-state index contributed by atoms with van der Waals surface area (Å²) in [6.07, 6.45) is 8.62. The first-order valence-electron chi connectivity index (χ1n) is 12.6. The molecule has 1 saturated heterocycles. The third-order valence-corrected chi connectivity index (χ3v) is 7.60. The van der Waals surface area contributed by atoms with E-state index in [4.69, 9.17) is 16.3 Å². The van der Waals surface area contributed by atoms with Crippen LogP contribution in [0.1, 0.15) is 63.9 Å². The molecule has 0 bridgehead atoms. The van der Waals surface area contributed by atoms with E-state index in [9.17, 15) is 4.79 Å². The number of benzene rings is 2. The Morgan fingerprint density at radius 2 is 1.85 bits per heavy atom. The Hall–Kier alpha value is -2.04. The summed E-state index contributed by atoms with van der Waals surface area (Å²) < 4.78 is 5.95. The van der Waals surface area contributed by atoms with Crippen LogP contribution in [0.3, 0.4) is 0 Å². The molecule has 0 radical (unpaired) electrons. The minimum absolute atomic E-state index is 0.0414. The van der Waals surface area contributed by atoms with Crippen molar-refractivity contribution in [2.75, 3.05) is 31.6 Å². The highest BCUT2D eigenvalue weighted by atomic mass is 35.5. The standard InChI is InChI=1S/C28H37ClN2O2/c1-22-9-7-18-31(21-22)19-8-20-33-24-14-12-23(13-15-24)30-27(32)28(16-5-2-6-17-28)25-10-3-4-11-26(25)29/h3-4,10-15,22H,2,5-9,16-21H2,1H3,(H,30,32)/t22-/m0/s1. The van der Waals surface area contributed by atoms with Gasteiger partial charge in [0.15, 0.2) is 0 Å². The molecule has 0 spiro atoms. The monoisotopic (exact) mass is 468 g/mol. The van der Waals surface area contributed by atoms with E-state index in [1.54, 1.807) is 0 Å². The number of carbonyl (C=O) groups is 1. The van der Waals surface area contributed by atoms with Crippen LogP contribution in [0.4, 0.5) is 5.69 Å². The first-order valence-corrected chi connectivity index (χ1v) is 13.0. The van der Waals surface area contributed by atoms with E-state index in [2.05, 4.69) is 17.1 Å². The number of carbonyl (C=O) groups excluding carboxylic acids is 1. The Morgan fingerprint density at radius 1 is 1.09 bits per heavy atom. The summed E-state index contributed by atoms with van der Waals surface area (Å²) in [4.78, 5) is 16.1. The van der Waals surface area contributed by atoms with Crippen LogP contribution in [-0.4, -0.2) is 37.0 Å². The number of nitrogens with one attached hydrogen (secondary N) is 1. The van der Waals surface area contributed by atoms with E-state index >= 15 is 0 Å². The fraction of sp³-hybridized carbons (Fsp3) is 0.536. The maximum absolute atomic E-state index is 13.5. The number of amides is 1. The molecule has 1 aliphatic heterocycles. The van der Waals surface area contributed by atoms with Crippen LogP contribution in [0.15, 0.2) is 48.5 Å². The highest BCUT2D eigenvalue weighted by molar-refractivity contribution is 6.31. The zero-order chi connectivity index (χ0) is 23.1. The van der Waals surface area contributed by atoms with Crippen molar-refractivity contribution in [1.82, 2.24) is 4.90 Å². The molecular weight excluding hydrogens is 432 g/mol. The van der Waals surface area contributed by atoms with Crippen molar-refractivity contribution >= 4 is 23.2 Å². The van der Waals surface area contributed by atoms with Gasteiger partial charge in [-0.15, -0.1) is 0 Å². The molecule has 1 heterocycles. The minimum Gasteiger partial charge on any atom is -0.494 e. The van der Waals surface area contributed by atoms with Gasteiger partial charge < -0.3 is 15.0 Å². The molecule has 33 heavy (non-hydrogen) atoms. The van der Waals surface area contributed by atoms with Crippen molar-refractivity contribution in [3.05, 3.63) is 59.1 Å². The van der Waals surface area contributed by atoms with Crippen molar-refractivity contribution in [2.24, 2.45) is 5.92 Å². The number of halogens is 1. The molecule has 1 N–H and O–H groups in total. The SMILES string of the molecule is C[C@H]1CCCN(CCCOc2ccc(NC(=O)C3(c4ccccc4Cl)CCCCC3)cc2)C1. The van der Waals surface area contributed by atoms with Gasteiger partial charge in [-0.1, -0.05) is 56.0 Å². The van der Waals surface area contributed by atoms with Gasteiger partial charge in [0.25, 0.3) is 0 Å². The van der Waals surface area contributed by atoms with E-state index in [0.29, 0.717) is 11.6 Å². The lowest BCUT2D eigenvalue weighted by Gasteiger charge is -2.37. The number of hydrogen-bond donors (Lipinski definition) is 1. The largest absolute Gasteiger partial charge is 0.494 e. The summed E-state index contributed by atoms with van der Waals surface area (Å²) in [6.45, 7) is 6.58. The summed E-state index contributed by atoms with van der Waals surface area (Å²) in [5.74, 6) is 1.70. The van der Waals surface area contributed by atoms with Crippen molar-refractivity contribution < 1.29 is 9.53 Å². The first kappa shape index (κ1) is 24.1. The molecule has 1 atom stereocenters. The molecule has 5 heteroatoms. The van der Waals surface area contributed by atoms with Crippen LogP contribution in [0, 0.1) is 5.92 Å². The number of piperidine rings is 1. The van der Waals surface area contributed by atoms with Gasteiger partial charge >= 0.3 is 0 Å². The van der Waals surface area contributed by atoms with Gasteiger partial charge in [0.05, 0.1) is 12.0 Å². The molecule has 2 aromatic rings. The average molecular weight is 469 g/mol. The molecule has 1 aliphatic carbocycles. The van der Waals surface area contributed by atoms with Gasteiger partial charge in [0.2, 0.25) is 5.91 Å². The minimum atomic E-state index is -0.558. The second-order valence-corrected chi connectivity index (χ2v) is 10.3. The van der Waals surface area contributed by atoms with Gasteiger partial charge in [0, 0.05) is 23.8 Å². The molecular formula is C28H37ClN2O2. The molecule has 4 rings (SSSR count). The van der Waals surface area contributed by atoms with Crippen LogP contribution in [0.2, 0.25) is 5.02 Å². The van der Waals surface area contributed by atoms with Crippen LogP contribution in [-0.2, 0) is 10.2 Å². The lowest BCUT2D eigenvalue weighted by atomic mass is 9.68. The van der Waals surface area contributed by atoms with E-state index in [-0.39, 0.29) is 5.91 Å². The summed E-state index contributed by atoms with van der Waals surface area (Å²) in [6, 6.07) is 15.6. The topological polar surface area (TPSA) is 41.6 Å². The Bertz CT molecular complexity index is 908. The predicted molar refractivity (Wildman–Crippen MR) is 136 cm³/mol. The Morgan fingerprint density at radius 3 is 2.58 bits per heavy atom. The maximum atomic E-state index is 13.5. The molecule has 1 saturated carbocycles. The second-order valence-electron chi connectivity index (χ2n) is 9.85. The lowest BCUT2D eigenvalue weighted by Crippen LogP contribution is -2.42. The van der Waals surface area contributed by atoms with Gasteiger partial charge in [0.1, 0.15) is 5.75 Å². The van der Waals surface area contributed by atoms with Crippen LogP contribution < -0.4 is 10.1 Å². The van der Waals surface area contributed by atoms with Crippen molar-refractivity contribution in [2.45, 2.75) is 63.7 Å². The molecule has 2 fully saturated rings. The average Bonchev–Trinajstić information content (AvgIpc) is 2.83. The first-order chi connectivity index (χ1) is 16.1. The Labute approximate surface area is 203 Å². The van der Waals surface area contributed by atoms with Crippen LogP contribution >= 0.6 is 11.6 Å². The highest BCUT2D eigenvalue weighted by Gasteiger charge is 2.42. The van der Waals surface area contributed by atoms with E-state index in [1.807, 2.05) is 48.5 Å². The molecule has 0 aromatic heterocycles. The second kappa shape index (κ2) is 11.4. The Balaban J connectivity index is 1.32.